The maximum Gasteiger partial charge on any atom is -0.00178 e. The molecule has 112 valence electrons. The number of hydrogen-bond acceptors (Lipinski definition) is 1. The Balaban J connectivity index is 1.90. The molecule has 0 aromatic carbocycles. The molecular weight excluding hydrogens is 230 g/mol. The predicted octanol–water partition coefficient (Wildman–Crippen LogP) is 4.86. The highest BCUT2D eigenvalue weighted by Gasteiger charge is 2.35. The second kappa shape index (κ2) is 7.67. The lowest BCUT2D eigenvalue weighted by Gasteiger charge is -2.42. The zero-order valence-corrected chi connectivity index (χ0v) is 13.5. The van der Waals surface area contributed by atoms with E-state index in [-0.39, 0.29) is 0 Å². The fourth-order valence-corrected chi connectivity index (χ4v) is 4.93. The first-order valence-electron chi connectivity index (χ1n) is 8.91. The molecule has 2 aliphatic rings. The van der Waals surface area contributed by atoms with Crippen molar-refractivity contribution in [3.63, 3.8) is 0 Å². The lowest BCUT2D eigenvalue weighted by atomic mass is 9.64. The first-order chi connectivity index (χ1) is 9.20. The van der Waals surface area contributed by atoms with Gasteiger partial charge in [-0.05, 0) is 81.2 Å². The molecule has 0 heterocycles. The van der Waals surface area contributed by atoms with E-state index in [9.17, 15) is 0 Å². The summed E-state index contributed by atoms with van der Waals surface area (Å²) >= 11 is 0. The molecule has 2 rings (SSSR count). The first-order valence-corrected chi connectivity index (χ1v) is 8.91. The van der Waals surface area contributed by atoms with Gasteiger partial charge < -0.3 is 5.32 Å². The second-order valence-corrected chi connectivity index (χ2v) is 7.59. The number of rotatable bonds is 5. The van der Waals surface area contributed by atoms with Crippen LogP contribution in [0.15, 0.2) is 0 Å². The molecule has 2 aliphatic carbocycles. The van der Waals surface area contributed by atoms with Gasteiger partial charge in [0.15, 0.2) is 0 Å². The molecule has 19 heavy (non-hydrogen) atoms. The summed E-state index contributed by atoms with van der Waals surface area (Å²) in [6.07, 6.45) is 11.7. The van der Waals surface area contributed by atoms with Crippen LogP contribution in [0.4, 0.5) is 0 Å². The van der Waals surface area contributed by atoms with Crippen molar-refractivity contribution in [2.24, 2.45) is 29.6 Å². The summed E-state index contributed by atoms with van der Waals surface area (Å²) in [7, 11) is 0. The summed E-state index contributed by atoms with van der Waals surface area (Å²) in [6.45, 7) is 9.74. The Morgan fingerprint density at radius 1 is 0.947 bits per heavy atom. The SMILES string of the molecule is CCCNCC1CCCCC1C1CC(C)CC(C)C1. The van der Waals surface area contributed by atoms with Crippen LogP contribution in [-0.4, -0.2) is 13.1 Å². The molecule has 0 bridgehead atoms. The van der Waals surface area contributed by atoms with E-state index in [1.165, 1.54) is 64.5 Å². The zero-order chi connectivity index (χ0) is 13.7. The molecule has 2 saturated carbocycles. The highest BCUT2D eigenvalue weighted by molar-refractivity contribution is 4.86. The molecule has 1 heteroatoms. The fraction of sp³-hybridized carbons (Fsp3) is 1.00. The van der Waals surface area contributed by atoms with E-state index in [4.69, 9.17) is 0 Å². The molecular formula is C18H35N. The molecule has 4 unspecified atom stereocenters. The molecule has 2 fully saturated rings. The average Bonchev–Trinajstić information content (AvgIpc) is 2.38. The van der Waals surface area contributed by atoms with Crippen LogP contribution >= 0.6 is 0 Å². The Morgan fingerprint density at radius 2 is 1.63 bits per heavy atom. The van der Waals surface area contributed by atoms with E-state index in [1.54, 1.807) is 0 Å². The Kier molecular flexibility index (Phi) is 6.19. The largest absolute Gasteiger partial charge is 0.316 e. The third kappa shape index (κ3) is 4.48. The number of nitrogens with one attached hydrogen (secondary N) is 1. The Bertz CT molecular complexity index is 240. The van der Waals surface area contributed by atoms with Gasteiger partial charge in [-0.2, -0.15) is 0 Å². The summed E-state index contributed by atoms with van der Waals surface area (Å²) in [6, 6.07) is 0. The van der Waals surface area contributed by atoms with E-state index >= 15 is 0 Å². The van der Waals surface area contributed by atoms with Crippen LogP contribution in [0.5, 0.6) is 0 Å². The summed E-state index contributed by atoms with van der Waals surface area (Å²) in [5, 5.41) is 3.70. The molecule has 0 aliphatic heterocycles. The summed E-state index contributed by atoms with van der Waals surface area (Å²) in [5.41, 5.74) is 0. The maximum absolute atomic E-state index is 3.70. The van der Waals surface area contributed by atoms with Gasteiger partial charge in [0.2, 0.25) is 0 Å². The lowest BCUT2D eigenvalue weighted by molar-refractivity contribution is 0.0884. The second-order valence-electron chi connectivity index (χ2n) is 7.59. The van der Waals surface area contributed by atoms with Crippen molar-refractivity contribution in [2.75, 3.05) is 13.1 Å². The standard InChI is InChI=1S/C18H35N/c1-4-9-19-13-16-7-5-6-8-18(16)17-11-14(2)10-15(3)12-17/h14-19H,4-13H2,1-3H3. The molecule has 0 aromatic heterocycles. The minimum Gasteiger partial charge on any atom is -0.316 e. The van der Waals surface area contributed by atoms with Gasteiger partial charge in [-0.3, -0.25) is 0 Å². The van der Waals surface area contributed by atoms with Crippen LogP contribution in [0.1, 0.15) is 72.1 Å². The zero-order valence-electron chi connectivity index (χ0n) is 13.5. The van der Waals surface area contributed by atoms with Gasteiger partial charge in [0.1, 0.15) is 0 Å². The molecule has 0 saturated heterocycles. The van der Waals surface area contributed by atoms with Crippen molar-refractivity contribution in [3.8, 4) is 0 Å². The van der Waals surface area contributed by atoms with Crippen molar-refractivity contribution in [1.29, 1.82) is 0 Å². The van der Waals surface area contributed by atoms with Crippen LogP contribution in [0.25, 0.3) is 0 Å². The molecule has 0 amide bonds. The Morgan fingerprint density at radius 3 is 2.32 bits per heavy atom. The average molecular weight is 265 g/mol. The molecule has 0 aromatic rings. The van der Waals surface area contributed by atoms with E-state index in [0.717, 1.165) is 29.6 Å². The monoisotopic (exact) mass is 265 g/mol. The smallest absolute Gasteiger partial charge is 0.00178 e. The van der Waals surface area contributed by atoms with Gasteiger partial charge in [0.05, 0.1) is 0 Å². The first kappa shape index (κ1) is 15.4. The molecule has 0 radical (unpaired) electrons. The van der Waals surface area contributed by atoms with Gasteiger partial charge in [-0.25, -0.2) is 0 Å². The van der Waals surface area contributed by atoms with E-state index in [0.29, 0.717) is 0 Å². The normalized spacial score (nSPS) is 40.3. The Hall–Kier alpha value is -0.0400. The highest BCUT2D eigenvalue weighted by atomic mass is 14.9. The van der Waals surface area contributed by atoms with Crippen molar-refractivity contribution in [3.05, 3.63) is 0 Å². The molecule has 0 spiro atoms. The molecule has 1 nitrogen and oxygen atoms in total. The van der Waals surface area contributed by atoms with Gasteiger partial charge in [-0.1, -0.05) is 33.6 Å². The van der Waals surface area contributed by atoms with Crippen LogP contribution < -0.4 is 5.32 Å². The van der Waals surface area contributed by atoms with E-state index < -0.39 is 0 Å². The molecule has 1 N–H and O–H groups in total. The third-order valence-electron chi connectivity index (χ3n) is 5.62. The van der Waals surface area contributed by atoms with Gasteiger partial charge in [0, 0.05) is 0 Å². The van der Waals surface area contributed by atoms with Crippen LogP contribution in [-0.2, 0) is 0 Å². The van der Waals surface area contributed by atoms with Crippen LogP contribution in [0, 0.1) is 29.6 Å². The topological polar surface area (TPSA) is 12.0 Å². The summed E-state index contributed by atoms with van der Waals surface area (Å²) < 4.78 is 0. The quantitative estimate of drug-likeness (QED) is 0.700. The van der Waals surface area contributed by atoms with Crippen molar-refractivity contribution in [1.82, 2.24) is 5.32 Å². The predicted molar refractivity (Wildman–Crippen MR) is 84.3 cm³/mol. The maximum atomic E-state index is 3.70. The number of hydrogen-bond donors (Lipinski definition) is 1. The molecule has 4 atom stereocenters. The summed E-state index contributed by atoms with van der Waals surface area (Å²) in [5.74, 6) is 4.98. The van der Waals surface area contributed by atoms with E-state index in [1.807, 2.05) is 0 Å². The summed E-state index contributed by atoms with van der Waals surface area (Å²) in [4.78, 5) is 0. The van der Waals surface area contributed by atoms with Crippen LogP contribution in [0.3, 0.4) is 0 Å². The minimum atomic E-state index is 0.972. The van der Waals surface area contributed by atoms with Crippen LogP contribution in [0.2, 0.25) is 0 Å². The van der Waals surface area contributed by atoms with Gasteiger partial charge >= 0.3 is 0 Å². The Labute approximate surface area is 120 Å². The highest BCUT2D eigenvalue weighted by Crippen LogP contribution is 2.44. The fourth-order valence-electron chi connectivity index (χ4n) is 4.93. The van der Waals surface area contributed by atoms with Crippen molar-refractivity contribution < 1.29 is 0 Å². The van der Waals surface area contributed by atoms with Crippen molar-refractivity contribution >= 4 is 0 Å². The third-order valence-corrected chi connectivity index (χ3v) is 5.62. The van der Waals surface area contributed by atoms with E-state index in [2.05, 4.69) is 26.1 Å². The van der Waals surface area contributed by atoms with Crippen molar-refractivity contribution in [2.45, 2.75) is 72.1 Å². The minimum absolute atomic E-state index is 0.972. The van der Waals surface area contributed by atoms with Gasteiger partial charge in [0.25, 0.3) is 0 Å². The lowest BCUT2D eigenvalue weighted by Crippen LogP contribution is -2.37. The van der Waals surface area contributed by atoms with Gasteiger partial charge in [-0.15, -0.1) is 0 Å².